The van der Waals surface area contributed by atoms with Crippen molar-refractivity contribution in [3.05, 3.63) is 79.6 Å². The molecule has 4 aliphatic heterocycles. The summed E-state index contributed by atoms with van der Waals surface area (Å²) in [7, 11) is 9.02. The van der Waals surface area contributed by atoms with Gasteiger partial charge in [0.05, 0.1) is 115 Å². The van der Waals surface area contributed by atoms with Gasteiger partial charge in [0.2, 0.25) is 23.4 Å². The number of halogens is 1. The summed E-state index contributed by atoms with van der Waals surface area (Å²) in [6, 6.07) is 6.18. The van der Waals surface area contributed by atoms with Gasteiger partial charge in [0.25, 0.3) is 0 Å². The van der Waals surface area contributed by atoms with Gasteiger partial charge < -0.3 is 97.6 Å². The van der Waals surface area contributed by atoms with Gasteiger partial charge in [-0.05, 0) is 87.5 Å². The molecule has 1 unspecified atom stereocenters. The number of thioether (sulfide) groups is 1. The van der Waals surface area contributed by atoms with Crippen molar-refractivity contribution in [1.82, 2.24) is 10.6 Å². The van der Waals surface area contributed by atoms with Crippen molar-refractivity contribution in [2.45, 2.75) is 175 Å². The Morgan fingerprint density at radius 1 is 0.924 bits per heavy atom. The lowest BCUT2D eigenvalue weighted by Crippen LogP contribution is -2.59. The summed E-state index contributed by atoms with van der Waals surface area (Å²) in [6.45, 7) is 11.0. The van der Waals surface area contributed by atoms with Crippen molar-refractivity contribution in [1.29, 1.82) is 0 Å². The number of hydrogen-bond donors (Lipinski definition) is 9. The highest BCUT2D eigenvalue weighted by Gasteiger charge is 2.51. The van der Waals surface area contributed by atoms with Crippen LogP contribution in [0.2, 0.25) is 0 Å². The minimum atomic E-state index is -2.38. The van der Waals surface area contributed by atoms with Gasteiger partial charge in [0, 0.05) is 48.9 Å². The molecule has 92 heavy (non-hydrogen) atoms. The number of benzene rings is 2. The molecule has 0 aromatic heterocycles. The van der Waals surface area contributed by atoms with E-state index in [-0.39, 0.29) is 76.5 Å². The smallest absolute Gasteiger partial charge is 0.411 e. The van der Waals surface area contributed by atoms with Gasteiger partial charge in [-0.2, -0.15) is 0 Å². The minimum Gasteiger partial charge on any atom is -0.492 e. The predicted octanol–water partition coefficient (Wildman–Crippen LogP) is 4.32. The number of methoxy groups -OCH3 is 5. The average molecular weight is 1460 g/mol. The maximum absolute atomic E-state index is 14.4. The summed E-state index contributed by atoms with van der Waals surface area (Å²) in [4.78, 5) is 59.8. The highest BCUT2D eigenvalue weighted by molar-refractivity contribution is 14.1. The average Bonchev–Trinajstić information content (AvgIpc) is 0.769. The standard InChI is InChI=1S/C61H81IN4O23S3/c1-12-14-15-19-38(44-34(61(63,76)25-37(68)46(44)66-60(75)81-11)21-22-90-92-40-20-17-16-18-32(40)56(72)73)86-59-53(87-41-24-39(77-7)35(27-82-41)64-13-2)48(70)33(29(4)84-59)26-65-89-42-23-36(67)55(31(6)83-42)91-57(74)43-28(3)45(62)51(54(80-10)50(43)78-8)88-58-49(71)52(79-9)47(69)30(5)85-58/h12,14,16-18,20-21,26,29-31,33,35-36,38-39,41-42,47-49,52-53,55,58-59,64,67,69-71,76H,13,22-25,27,63H2,1-11H3,(H,66,75)(H,72,73)/b14-12-,34-21+,65-26-/t29-,30+,31-,33?,35+,36+,38+,39+,41+,42+,47+,48+,49-,52-,53-,55-,58+,59+,61+/m1/s1. The van der Waals surface area contributed by atoms with Gasteiger partial charge in [-0.1, -0.05) is 81.6 Å². The maximum atomic E-state index is 14.4. The second-order valence-electron chi connectivity index (χ2n) is 21.9. The third kappa shape index (κ3) is 17.7. The lowest BCUT2D eigenvalue weighted by molar-refractivity contribution is -0.326. The number of aromatic carboxylic acids is 1. The highest BCUT2D eigenvalue weighted by atomic mass is 127. The zero-order valence-electron chi connectivity index (χ0n) is 52.5. The van der Waals surface area contributed by atoms with E-state index in [9.17, 15) is 49.8 Å². The fourth-order valence-corrected chi connectivity index (χ4v) is 14.9. The molecule has 4 fully saturated rings. The van der Waals surface area contributed by atoms with E-state index in [0.717, 1.165) is 29.7 Å². The van der Waals surface area contributed by atoms with E-state index in [0.29, 0.717) is 20.6 Å². The number of aliphatic hydroxyl groups excluding tert-OH is 4. The first kappa shape index (κ1) is 74.7. The molecule has 2 aromatic rings. The monoisotopic (exact) mass is 1460 g/mol. The largest absolute Gasteiger partial charge is 0.492 e. The summed E-state index contributed by atoms with van der Waals surface area (Å²) in [5.74, 6) is 3.05. The van der Waals surface area contributed by atoms with Crippen molar-refractivity contribution < 1.29 is 111 Å². The first-order valence-electron chi connectivity index (χ1n) is 29.4. The Morgan fingerprint density at radius 2 is 1.64 bits per heavy atom. The quantitative estimate of drug-likeness (QED) is 0.0134. The second kappa shape index (κ2) is 34.3. The number of aliphatic hydroxyl groups is 5. The van der Waals surface area contributed by atoms with Crippen LogP contribution in [0, 0.1) is 28.3 Å². The van der Waals surface area contributed by atoms with Gasteiger partial charge in [-0.25, -0.2) is 9.59 Å². The fraction of sp³-hybridized carbons (Fsp3) is 0.590. The van der Waals surface area contributed by atoms with Crippen LogP contribution >= 0.6 is 55.9 Å². The topological polar surface area (TPSA) is 372 Å². The molecule has 5 aliphatic rings. The van der Waals surface area contributed by atoms with E-state index in [1.165, 1.54) is 56.6 Å². The number of oxime groups is 1. The predicted molar refractivity (Wildman–Crippen MR) is 345 cm³/mol. The Morgan fingerprint density at radius 3 is 2.29 bits per heavy atom. The summed E-state index contributed by atoms with van der Waals surface area (Å²) >= 11 is 2.80. The zero-order chi connectivity index (χ0) is 67.3. The SMILES string of the molecule is C/C=C\C#C[C@H](O[C@@H]1O[C@H](C)C(/C=N\O[C@H]2C[C@H](O)[C@H](SC(=O)c3c(C)c(I)c(O[C@@H]4O[C@@H](C)[C@H](O)[C@@H](OC)[C@H]4O)c(OC)c3OC)[C@@H](C)O2)[C@H](O)[C@H]1O[C@H]1C[C@H](OC)[C@@H](NCC)CO1)C1=C(NC(=O)OC)C(=O)C[C@](N)(O)/C1=C/CSSc1ccccc1C(=O)O. The Bertz CT molecular complexity index is 3100. The summed E-state index contributed by atoms with van der Waals surface area (Å²) in [5.41, 5.74) is 4.16. The fourth-order valence-electron chi connectivity index (χ4n) is 11.1. The number of hydrogen-bond acceptors (Lipinski definition) is 28. The van der Waals surface area contributed by atoms with E-state index in [2.05, 4.69) is 27.6 Å². The lowest BCUT2D eigenvalue weighted by Gasteiger charge is -2.45. The zero-order valence-corrected chi connectivity index (χ0v) is 57.1. The number of nitrogens with zero attached hydrogens (tertiary/aromatic N) is 1. The van der Waals surface area contributed by atoms with Crippen LogP contribution in [0.25, 0.3) is 0 Å². The summed E-state index contributed by atoms with van der Waals surface area (Å²) in [6.07, 6.45) is -13.3. The Kier molecular flexibility index (Phi) is 27.9. The number of carboxylic acid groups (broad SMARTS) is 1. The molecule has 10 N–H and O–H groups in total. The van der Waals surface area contributed by atoms with E-state index in [4.69, 9.17) is 67.4 Å². The van der Waals surface area contributed by atoms with Crippen molar-refractivity contribution >= 4 is 85.1 Å². The van der Waals surface area contributed by atoms with Crippen molar-refractivity contribution in [2.24, 2.45) is 16.8 Å². The number of ether oxygens (including phenoxy) is 12. The number of carbonyl (C=O) groups is 4. The van der Waals surface area contributed by atoms with Gasteiger partial charge in [-0.15, -0.1) is 0 Å². The number of alkyl carbamates (subject to hydrolysis) is 1. The molecule has 7 rings (SSSR count). The third-order valence-electron chi connectivity index (χ3n) is 15.8. The molecule has 31 heteroatoms. The normalized spacial score (nSPS) is 32.7. The van der Waals surface area contributed by atoms with Crippen molar-refractivity contribution in [3.8, 4) is 29.1 Å². The number of carboxylic acids is 1. The molecule has 27 nitrogen and oxygen atoms in total. The molecule has 19 atom stereocenters. The third-order valence-corrected chi connectivity index (χ3v) is 20.8. The molecule has 4 heterocycles. The number of allylic oxidation sites excluding steroid dienone is 3. The molecule has 1 amide bonds. The number of ketones is 1. The molecule has 0 spiro atoms. The number of amides is 1. The van der Waals surface area contributed by atoms with E-state index in [1.807, 2.05) is 29.5 Å². The van der Waals surface area contributed by atoms with Gasteiger partial charge in [0.15, 0.2) is 29.9 Å². The number of rotatable bonds is 24. The number of carbonyl (C=O) groups excluding carboxylic acids is 3. The van der Waals surface area contributed by atoms with Gasteiger partial charge in [-0.3, -0.25) is 20.6 Å². The molecule has 4 saturated heterocycles. The van der Waals surface area contributed by atoms with Gasteiger partial charge >= 0.3 is 12.1 Å². The summed E-state index contributed by atoms with van der Waals surface area (Å²) in [5, 5.41) is 76.3. The maximum Gasteiger partial charge on any atom is 0.411 e. The Hall–Kier alpha value is -4.65. The van der Waals surface area contributed by atoms with Crippen LogP contribution in [-0.4, -0.2) is 224 Å². The van der Waals surface area contributed by atoms with E-state index < -0.39 is 139 Å². The van der Waals surface area contributed by atoms with Crippen LogP contribution in [0.1, 0.15) is 80.2 Å². The van der Waals surface area contributed by atoms with Gasteiger partial charge in [0.1, 0.15) is 36.2 Å². The lowest BCUT2D eigenvalue weighted by atomic mass is 9.80. The number of nitrogens with two attached hydrogens (primary N) is 1. The van der Waals surface area contributed by atoms with E-state index >= 15 is 0 Å². The minimum absolute atomic E-state index is 0.0141. The molecule has 0 bridgehead atoms. The van der Waals surface area contributed by atoms with Crippen molar-refractivity contribution in [2.75, 3.05) is 54.5 Å². The van der Waals surface area contributed by atoms with Crippen LogP contribution in [0.4, 0.5) is 4.79 Å². The van der Waals surface area contributed by atoms with Crippen LogP contribution in [0.15, 0.2) is 69.4 Å². The first-order valence-corrected chi connectivity index (χ1v) is 33.7. The van der Waals surface area contributed by atoms with Crippen LogP contribution in [-0.2, 0) is 52.3 Å². The molecular formula is C61H81IN4O23S3. The van der Waals surface area contributed by atoms with E-state index in [1.54, 1.807) is 66.0 Å². The number of likely N-dealkylation sites (N-methyl/N-ethyl adjacent to an activating group) is 1. The molecule has 0 radical (unpaired) electrons. The molecular weight excluding hydrogens is 1380 g/mol. The molecule has 0 saturated carbocycles. The Labute approximate surface area is 558 Å². The first-order chi connectivity index (χ1) is 43.9. The molecule has 508 valence electrons. The molecule has 2 aromatic carbocycles. The van der Waals surface area contributed by atoms with Crippen LogP contribution in [0.5, 0.6) is 17.2 Å². The van der Waals surface area contributed by atoms with Crippen molar-refractivity contribution in [3.63, 3.8) is 0 Å². The Balaban J connectivity index is 1.13. The summed E-state index contributed by atoms with van der Waals surface area (Å²) < 4.78 is 72.4. The van der Waals surface area contributed by atoms with Crippen LogP contribution in [0.3, 0.4) is 0 Å². The second-order valence-corrected chi connectivity index (χ2v) is 26.5. The molecule has 1 aliphatic carbocycles. The number of nitrogens with one attached hydrogen (secondary N) is 2. The highest BCUT2D eigenvalue weighted by Crippen LogP contribution is 2.49. The number of Topliss-reactive ketones (excluding diaryl/α,β-unsaturated/α-hetero) is 1. The van der Waals surface area contributed by atoms with Crippen LogP contribution < -0.4 is 30.6 Å².